The summed E-state index contributed by atoms with van der Waals surface area (Å²) in [5.41, 5.74) is 0. The second-order valence-electron chi connectivity index (χ2n) is 10.0. The Morgan fingerprint density at radius 1 is 0.880 bits per heavy atom. The Kier molecular flexibility index (Phi) is 9.54. The van der Waals surface area contributed by atoms with Crippen molar-refractivity contribution in [2.24, 2.45) is 0 Å². The molecule has 3 nitrogen and oxygen atoms in total. The molecule has 0 aromatic heterocycles. The molecule has 0 aromatic carbocycles. The summed E-state index contributed by atoms with van der Waals surface area (Å²) in [6.45, 7) is 23.5. The van der Waals surface area contributed by atoms with Crippen LogP contribution < -0.4 is 0 Å². The molecule has 0 N–H and O–H groups in total. The van der Waals surface area contributed by atoms with Crippen LogP contribution in [0.4, 0.5) is 0 Å². The van der Waals surface area contributed by atoms with Crippen LogP contribution in [0.25, 0.3) is 0 Å². The minimum Gasteiger partial charge on any atom is -0.417 e. The van der Waals surface area contributed by atoms with Crippen LogP contribution in [-0.4, -0.2) is 35.6 Å². The van der Waals surface area contributed by atoms with Gasteiger partial charge < -0.3 is 8.85 Å². The largest absolute Gasteiger partial charge is 0.417 e. The fourth-order valence-corrected chi connectivity index (χ4v) is 4.30. The van der Waals surface area contributed by atoms with Crippen molar-refractivity contribution in [2.45, 2.75) is 103 Å². The zero-order valence-corrected chi connectivity index (χ0v) is 20.4. The van der Waals surface area contributed by atoms with Crippen molar-refractivity contribution < 1.29 is 13.6 Å². The molecule has 0 rings (SSSR count). The molecule has 0 radical (unpaired) electrons. The molecule has 5 heteroatoms. The highest BCUT2D eigenvalue weighted by Crippen LogP contribution is 2.38. The first-order valence-corrected chi connectivity index (χ1v) is 15.4. The van der Waals surface area contributed by atoms with Gasteiger partial charge in [0.1, 0.15) is 6.29 Å². The number of rotatable bonds is 10. The molecule has 0 spiro atoms. The van der Waals surface area contributed by atoms with E-state index < -0.39 is 16.6 Å². The third-order valence-corrected chi connectivity index (χ3v) is 14.9. The number of hydrogen-bond donors (Lipinski definition) is 0. The Morgan fingerprint density at radius 2 is 1.40 bits per heavy atom. The Hall–Kier alpha value is -0.236. The van der Waals surface area contributed by atoms with Gasteiger partial charge in [0.2, 0.25) is 0 Å². The molecule has 0 aliphatic rings. The van der Waals surface area contributed by atoms with Gasteiger partial charge in [0.25, 0.3) is 0 Å². The first-order valence-electron chi connectivity index (χ1n) is 9.58. The molecule has 0 amide bonds. The normalized spacial score (nSPS) is 15.6. The molecule has 0 heterocycles. The standard InChI is InChI=1S/C20H42O3Si2/c1-19(2,3)24(7,8)22-17-12-11-14-18(15-13-16-21)23-25(9,10)20(4,5)6/h13,15-16,18H,11-12,14,17H2,1-10H3/t18-/m0/s1. The SMILES string of the molecule is CC(C)(C)[Si](C)(C)OCCCC[C@@H](C=CC=O)O[Si](C)(C)C(C)(C)C. The van der Waals surface area contributed by atoms with E-state index in [1.165, 1.54) is 0 Å². The molecular formula is C20H42O3Si2. The smallest absolute Gasteiger partial charge is 0.192 e. The number of hydrogen-bond acceptors (Lipinski definition) is 3. The monoisotopic (exact) mass is 386 g/mol. The van der Waals surface area contributed by atoms with Crippen molar-refractivity contribution in [1.82, 2.24) is 0 Å². The zero-order valence-electron chi connectivity index (χ0n) is 18.4. The number of carbonyl (C=O) groups excluding carboxylic acids is 1. The lowest BCUT2D eigenvalue weighted by Gasteiger charge is -2.38. The Morgan fingerprint density at radius 3 is 1.84 bits per heavy atom. The van der Waals surface area contributed by atoms with Crippen molar-refractivity contribution in [3.05, 3.63) is 12.2 Å². The lowest BCUT2D eigenvalue weighted by atomic mass is 10.1. The summed E-state index contributed by atoms with van der Waals surface area (Å²) in [4.78, 5) is 10.7. The summed E-state index contributed by atoms with van der Waals surface area (Å²) in [7, 11) is -3.48. The Balaban J connectivity index is 4.53. The molecule has 0 saturated heterocycles. The molecular weight excluding hydrogens is 344 g/mol. The fraction of sp³-hybridized carbons (Fsp3) is 0.850. The summed E-state index contributed by atoms with van der Waals surface area (Å²) < 4.78 is 12.7. The van der Waals surface area contributed by atoms with E-state index in [-0.39, 0.29) is 16.2 Å². The van der Waals surface area contributed by atoms with Crippen molar-refractivity contribution in [2.75, 3.05) is 6.61 Å². The first-order chi connectivity index (χ1) is 11.1. The highest BCUT2D eigenvalue weighted by molar-refractivity contribution is 6.74. The van der Waals surface area contributed by atoms with Gasteiger partial charge in [-0.25, -0.2) is 0 Å². The number of carbonyl (C=O) groups is 1. The van der Waals surface area contributed by atoms with E-state index >= 15 is 0 Å². The fourth-order valence-electron chi connectivity index (χ4n) is 1.91. The summed E-state index contributed by atoms with van der Waals surface area (Å²) >= 11 is 0. The van der Waals surface area contributed by atoms with Gasteiger partial charge in [-0.1, -0.05) is 47.6 Å². The molecule has 0 aliphatic carbocycles. The van der Waals surface area contributed by atoms with Gasteiger partial charge in [-0.15, -0.1) is 0 Å². The van der Waals surface area contributed by atoms with E-state index in [1.807, 2.05) is 6.08 Å². The topological polar surface area (TPSA) is 35.5 Å². The lowest BCUT2D eigenvalue weighted by molar-refractivity contribution is -0.104. The summed E-state index contributed by atoms with van der Waals surface area (Å²) in [5.74, 6) is 0. The maximum Gasteiger partial charge on any atom is 0.192 e. The number of allylic oxidation sites excluding steroid dienone is 1. The summed E-state index contributed by atoms with van der Waals surface area (Å²) in [6.07, 6.45) is 7.39. The quantitative estimate of drug-likeness (QED) is 0.191. The van der Waals surface area contributed by atoms with Gasteiger partial charge >= 0.3 is 0 Å². The van der Waals surface area contributed by atoms with Crippen LogP contribution in [0.15, 0.2) is 12.2 Å². The van der Waals surface area contributed by atoms with Crippen LogP contribution in [0, 0.1) is 0 Å². The van der Waals surface area contributed by atoms with Crippen molar-refractivity contribution in [1.29, 1.82) is 0 Å². The second kappa shape index (κ2) is 9.63. The van der Waals surface area contributed by atoms with Gasteiger partial charge in [-0.3, -0.25) is 4.79 Å². The maximum atomic E-state index is 10.7. The van der Waals surface area contributed by atoms with Crippen LogP contribution in [0.1, 0.15) is 60.8 Å². The predicted octanol–water partition coefficient (Wildman–Crippen LogP) is 6.32. The predicted molar refractivity (Wildman–Crippen MR) is 114 cm³/mol. The third kappa shape index (κ3) is 8.80. The van der Waals surface area contributed by atoms with E-state index in [4.69, 9.17) is 8.85 Å². The number of unbranched alkanes of at least 4 members (excludes halogenated alkanes) is 1. The second-order valence-corrected chi connectivity index (χ2v) is 19.6. The molecule has 0 unspecified atom stereocenters. The van der Waals surface area contributed by atoms with E-state index in [0.29, 0.717) is 0 Å². The van der Waals surface area contributed by atoms with Crippen LogP contribution in [0.5, 0.6) is 0 Å². The minimum absolute atomic E-state index is 0.0268. The van der Waals surface area contributed by atoms with Gasteiger partial charge in [0, 0.05) is 6.61 Å². The van der Waals surface area contributed by atoms with Crippen molar-refractivity contribution >= 4 is 22.9 Å². The molecule has 25 heavy (non-hydrogen) atoms. The van der Waals surface area contributed by atoms with E-state index in [9.17, 15) is 4.79 Å². The average Bonchev–Trinajstić information content (AvgIpc) is 2.41. The first kappa shape index (κ1) is 24.8. The van der Waals surface area contributed by atoms with E-state index in [1.54, 1.807) is 6.08 Å². The molecule has 0 aromatic rings. The van der Waals surface area contributed by atoms with Crippen LogP contribution in [0.3, 0.4) is 0 Å². The molecule has 0 saturated carbocycles. The van der Waals surface area contributed by atoms with Crippen LogP contribution in [0.2, 0.25) is 36.3 Å². The van der Waals surface area contributed by atoms with Crippen LogP contribution >= 0.6 is 0 Å². The highest BCUT2D eigenvalue weighted by atomic mass is 28.4. The molecule has 1 atom stereocenters. The molecule has 0 bridgehead atoms. The average molecular weight is 387 g/mol. The molecule has 148 valence electrons. The minimum atomic E-state index is -1.83. The molecule has 0 fully saturated rings. The van der Waals surface area contributed by atoms with Gasteiger partial charge in [-0.05, 0) is 61.6 Å². The maximum absolute atomic E-state index is 10.7. The Bertz CT molecular complexity index is 429. The van der Waals surface area contributed by atoms with E-state index in [0.717, 1.165) is 32.2 Å². The van der Waals surface area contributed by atoms with Gasteiger partial charge in [0.15, 0.2) is 16.6 Å². The highest BCUT2D eigenvalue weighted by Gasteiger charge is 2.39. The van der Waals surface area contributed by atoms with Gasteiger partial charge in [0.05, 0.1) is 6.10 Å². The third-order valence-electron chi connectivity index (χ3n) is 5.81. The van der Waals surface area contributed by atoms with E-state index in [2.05, 4.69) is 67.7 Å². The zero-order chi connectivity index (χ0) is 19.9. The summed E-state index contributed by atoms with van der Waals surface area (Å²) in [6, 6.07) is 0. The van der Waals surface area contributed by atoms with Crippen LogP contribution in [-0.2, 0) is 13.6 Å². The van der Waals surface area contributed by atoms with Crippen molar-refractivity contribution in [3.8, 4) is 0 Å². The lowest BCUT2D eigenvalue weighted by Crippen LogP contribution is -2.43. The summed E-state index contributed by atoms with van der Waals surface area (Å²) in [5, 5.41) is 0.430. The van der Waals surface area contributed by atoms with Crippen molar-refractivity contribution in [3.63, 3.8) is 0 Å². The molecule has 0 aliphatic heterocycles. The van der Waals surface area contributed by atoms with Gasteiger partial charge in [-0.2, -0.15) is 0 Å². The number of aldehydes is 1. The Labute approximate surface area is 158 Å².